The lowest BCUT2D eigenvalue weighted by atomic mass is 9.95. The van der Waals surface area contributed by atoms with Crippen molar-refractivity contribution < 1.29 is 0 Å². The first-order valence-electron chi connectivity index (χ1n) is 12.0. The van der Waals surface area contributed by atoms with Crippen LogP contribution in [0, 0.1) is 0 Å². The minimum absolute atomic E-state index is 0.160. The molecule has 8 heteroatoms. The summed E-state index contributed by atoms with van der Waals surface area (Å²) < 4.78 is 3.74. The summed E-state index contributed by atoms with van der Waals surface area (Å²) in [6, 6.07) is 25.0. The molecule has 3 aromatic carbocycles. The molecule has 0 amide bonds. The van der Waals surface area contributed by atoms with Gasteiger partial charge in [-0.25, -0.2) is 9.78 Å². The van der Waals surface area contributed by atoms with Crippen LogP contribution in [0.2, 0.25) is 10.0 Å². The van der Waals surface area contributed by atoms with Crippen LogP contribution < -0.4 is 5.69 Å². The zero-order valence-electron chi connectivity index (χ0n) is 20.1. The second kappa shape index (κ2) is 10.2. The summed E-state index contributed by atoms with van der Waals surface area (Å²) in [5, 5.41) is 2.09. The second-order valence-electron chi connectivity index (χ2n) is 8.94. The van der Waals surface area contributed by atoms with E-state index in [2.05, 4.69) is 21.0 Å². The van der Waals surface area contributed by atoms with E-state index in [0.29, 0.717) is 22.3 Å². The van der Waals surface area contributed by atoms with Gasteiger partial charge >= 0.3 is 5.69 Å². The third-order valence-corrected chi connectivity index (χ3v) is 7.00. The van der Waals surface area contributed by atoms with Gasteiger partial charge in [-0.1, -0.05) is 53.5 Å². The lowest BCUT2D eigenvalue weighted by Gasteiger charge is -2.21. The molecule has 3 heterocycles. The first-order chi connectivity index (χ1) is 18.6. The largest absolute Gasteiger partial charge is 0.348 e. The molecule has 0 bridgehead atoms. The summed E-state index contributed by atoms with van der Waals surface area (Å²) in [6.07, 6.45) is 8.93. The minimum atomic E-state index is -0.333. The Bertz CT molecular complexity index is 1780. The van der Waals surface area contributed by atoms with E-state index in [0.717, 1.165) is 33.2 Å². The van der Waals surface area contributed by atoms with Crippen molar-refractivity contribution in [1.82, 2.24) is 24.1 Å². The van der Waals surface area contributed by atoms with Crippen LogP contribution in [0.1, 0.15) is 22.7 Å². The maximum atomic E-state index is 13.4. The second-order valence-corrected chi connectivity index (χ2v) is 9.81. The summed E-state index contributed by atoms with van der Waals surface area (Å²) in [7, 11) is 0. The van der Waals surface area contributed by atoms with Crippen molar-refractivity contribution in [1.29, 1.82) is 0 Å². The number of hydrogen-bond acceptors (Lipinski definition) is 4. The van der Waals surface area contributed by atoms with Crippen molar-refractivity contribution in [2.24, 2.45) is 0 Å². The third-order valence-electron chi connectivity index (χ3n) is 6.52. The number of hydrogen-bond donors (Lipinski definition) is 0. The van der Waals surface area contributed by atoms with Crippen LogP contribution in [-0.2, 0) is 6.54 Å². The Kier molecular flexibility index (Phi) is 6.50. The van der Waals surface area contributed by atoms with Crippen LogP contribution in [0.25, 0.3) is 22.2 Å². The van der Waals surface area contributed by atoms with Crippen molar-refractivity contribution in [3.8, 4) is 11.3 Å². The predicted molar refractivity (Wildman–Crippen MR) is 151 cm³/mol. The van der Waals surface area contributed by atoms with Gasteiger partial charge in [0.15, 0.2) is 0 Å². The molecule has 0 aliphatic rings. The molecule has 38 heavy (non-hydrogen) atoms. The Morgan fingerprint density at radius 3 is 2.32 bits per heavy atom. The van der Waals surface area contributed by atoms with E-state index in [1.165, 1.54) is 0 Å². The highest BCUT2D eigenvalue weighted by atomic mass is 35.5. The van der Waals surface area contributed by atoms with Gasteiger partial charge < -0.3 is 4.57 Å². The van der Waals surface area contributed by atoms with Gasteiger partial charge in [-0.05, 0) is 65.2 Å². The number of imidazole rings is 1. The van der Waals surface area contributed by atoms with Gasteiger partial charge in [0.05, 0.1) is 30.1 Å². The van der Waals surface area contributed by atoms with Crippen molar-refractivity contribution in [2.45, 2.75) is 12.6 Å². The Morgan fingerprint density at radius 2 is 1.58 bits per heavy atom. The molecule has 0 aliphatic heterocycles. The number of pyridine rings is 1. The highest BCUT2D eigenvalue weighted by molar-refractivity contribution is 6.31. The molecule has 1 unspecified atom stereocenters. The average molecular weight is 538 g/mol. The molecule has 0 aliphatic carbocycles. The van der Waals surface area contributed by atoms with E-state index in [1.54, 1.807) is 35.6 Å². The highest BCUT2D eigenvalue weighted by Gasteiger charge is 2.20. The third kappa shape index (κ3) is 4.72. The molecule has 6 aromatic rings. The number of fused-ring (bicyclic) bond motifs is 1. The van der Waals surface area contributed by atoms with Crippen molar-refractivity contribution in [3.05, 3.63) is 147 Å². The summed E-state index contributed by atoms with van der Waals surface area (Å²) in [4.78, 5) is 26.3. The van der Waals surface area contributed by atoms with Gasteiger partial charge in [0.25, 0.3) is 0 Å². The van der Waals surface area contributed by atoms with E-state index in [1.807, 2.05) is 77.5 Å². The number of rotatable bonds is 6. The molecule has 0 saturated heterocycles. The van der Waals surface area contributed by atoms with Crippen molar-refractivity contribution >= 4 is 34.1 Å². The Hall–Kier alpha value is -4.26. The van der Waals surface area contributed by atoms with Crippen LogP contribution in [0.3, 0.4) is 0 Å². The minimum Gasteiger partial charge on any atom is -0.326 e. The van der Waals surface area contributed by atoms with Crippen molar-refractivity contribution in [2.75, 3.05) is 0 Å². The Labute approximate surface area is 228 Å². The van der Waals surface area contributed by atoms with Crippen LogP contribution in [-0.4, -0.2) is 24.1 Å². The molecule has 6 nitrogen and oxygen atoms in total. The highest BCUT2D eigenvalue weighted by Crippen LogP contribution is 2.33. The first-order valence-corrected chi connectivity index (χ1v) is 12.7. The monoisotopic (exact) mass is 537 g/mol. The molecular formula is C30H21Cl2N5O. The molecule has 3 aromatic heterocycles. The number of benzene rings is 3. The predicted octanol–water partition coefficient (Wildman–Crippen LogP) is 6.65. The standard InChI is InChI=1S/C30H21Cl2N5O/c31-24-7-4-21(5-8-24)29(36-15-14-34-19-36)23-6-9-27-26(17-23)28(22-2-1-3-25(32)16-22)35-30(38)37(27)18-20-10-12-33-13-11-20/h1-17,19,29H,18H2. The maximum Gasteiger partial charge on any atom is 0.348 e. The van der Waals surface area contributed by atoms with Gasteiger partial charge in [-0.15, -0.1) is 0 Å². The van der Waals surface area contributed by atoms with E-state index >= 15 is 0 Å². The van der Waals surface area contributed by atoms with Crippen LogP contribution in [0.4, 0.5) is 0 Å². The van der Waals surface area contributed by atoms with Crippen LogP contribution >= 0.6 is 23.2 Å². The summed E-state index contributed by atoms with van der Waals surface area (Å²) in [5.41, 5.74) is 4.83. The molecule has 0 fully saturated rings. The fraction of sp³-hybridized carbons (Fsp3) is 0.0667. The topological polar surface area (TPSA) is 65.6 Å². The van der Waals surface area contributed by atoms with Gasteiger partial charge in [0, 0.05) is 45.8 Å². The molecule has 186 valence electrons. The van der Waals surface area contributed by atoms with E-state index in [-0.39, 0.29) is 11.7 Å². The molecular weight excluding hydrogens is 517 g/mol. The van der Waals surface area contributed by atoms with Gasteiger partial charge in [0.2, 0.25) is 0 Å². The molecule has 0 spiro atoms. The summed E-state index contributed by atoms with van der Waals surface area (Å²) in [6.45, 7) is 0.377. The fourth-order valence-electron chi connectivity index (χ4n) is 4.75. The average Bonchev–Trinajstić information content (AvgIpc) is 3.46. The Balaban J connectivity index is 1.60. The molecule has 0 N–H and O–H groups in total. The zero-order valence-corrected chi connectivity index (χ0v) is 21.6. The molecule has 0 radical (unpaired) electrons. The quantitative estimate of drug-likeness (QED) is 0.238. The first kappa shape index (κ1) is 24.1. The molecule has 0 saturated carbocycles. The van der Waals surface area contributed by atoms with Gasteiger partial charge in [-0.3, -0.25) is 9.55 Å². The number of aromatic nitrogens is 5. The zero-order chi connectivity index (χ0) is 26.1. The van der Waals surface area contributed by atoms with E-state index in [9.17, 15) is 4.79 Å². The van der Waals surface area contributed by atoms with Gasteiger partial charge in [-0.2, -0.15) is 4.98 Å². The SMILES string of the molecule is O=c1nc(-c2cccc(Cl)c2)c2cc(C(c3ccc(Cl)cc3)n3ccnc3)ccc2n1Cc1ccncc1. The Morgan fingerprint density at radius 1 is 0.789 bits per heavy atom. The van der Waals surface area contributed by atoms with Gasteiger partial charge in [0.1, 0.15) is 0 Å². The lowest BCUT2D eigenvalue weighted by Crippen LogP contribution is -2.25. The van der Waals surface area contributed by atoms with E-state index in [4.69, 9.17) is 23.2 Å². The summed E-state index contributed by atoms with van der Waals surface area (Å²) in [5.74, 6) is 0. The smallest absolute Gasteiger partial charge is 0.326 e. The lowest BCUT2D eigenvalue weighted by molar-refractivity contribution is 0.677. The number of halogens is 2. The van der Waals surface area contributed by atoms with Crippen molar-refractivity contribution in [3.63, 3.8) is 0 Å². The number of nitrogens with zero attached hydrogens (tertiary/aromatic N) is 5. The normalized spacial score (nSPS) is 12.1. The molecule has 1 atom stereocenters. The van der Waals surface area contributed by atoms with Crippen LogP contribution in [0.15, 0.2) is 115 Å². The summed E-state index contributed by atoms with van der Waals surface area (Å²) >= 11 is 12.5. The van der Waals surface area contributed by atoms with Crippen LogP contribution in [0.5, 0.6) is 0 Å². The fourth-order valence-corrected chi connectivity index (χ4v) is 5.07. The van der Waals surface area contributed by atoms with E-state index < -0.39 is 0 Å². The molecule has 6 rings (SSSR count). The maximum absolute atomic E-state index is 13.4.